The monoisotopic (exact) mass is 509 g/mol. The third-order valence-corrected chi connectivity index (χ3v) is 6.69. The van der Waals surface area contributed by atoms with Crippen molar-refractivity contribution in [3.05, 3.63) is 38.9 Å². The van der Waals surface area contributed by atoms with Crippen LogP contribution in [0.15, 0.2) is 22.2 Å². The predicted molar refractivity (Wildman–Crippen MR) is 123 cm³/mol. The third-order valence-electron chi connectivity index (χ3n) is 6.10. The number of hydrogen-bond donors (Lipinski definition) is 3. The van der Waals surface area contributed by atoms with Crippen LogP contribution in [0.3, 0.4) is 0 Å². The molecule has 0 aromatic heterocycles. The molecule has 3 N–H and O–H groups in total. The highest BCUT2D eigenvalue weighted by molar-refractivity contribution is 9.10. The average molecular weight is 510 g/mol. The van der Waals surface area contributed by atoms with Crippen molar-refractivity contribution in [3.63, 3.8) is 0 Å². The number of halogens is 1. The van der Waals surface area contributed by atoms with Gasteiger partial charge in [-0.25, -0.2) is 4.79 Å². The van der Waals surface area contributed by atoms with Gasteiger partial charge < -0.3 is 25.0 Å². The summed E-state index contributed by atoms with van der Waals surface area (Å²) in [7, 11) is 1.28. The molecule has 0 heterocycles. The summed E-state index contributed by atoms with van der Waals surface area (Å²) < 4.78 is 11.8. The molecule has 0 spiro atoms. The smallest absolute Gasteiger partial charge is 0.328 e. The Labute approximate surface area is 197 Å². The van der Waals surface area contributed by atoms with Gasteiger partial charge in [0.05, 0.1) is 17.7 Å². The highest BCUT2D eigenvalue weighted by Crippen LogP contribution is 2.40. The molecule has 4 atom stereocenters. The second-order valence-corrected chi connectivity index (χ2v) is 9.88. The van der Waals surface area contributed by atoms with Crippen LogP contribution in [-0.4, -0.2) is 53.6 Å². The molecule has 32 heavy (non-hydrogen) atoms. The first kappa shape index (κ1) is 24.7. The first-order valence-electron chi connectivity index (χ1n) is 11.0. The maximum atomic E-state index is 12.9. The van der Waals surface area contributed by atoms with Gasteiger partial charge in [-0.1, -0.05) is 13.8 Å². The minimum atomic E-state index is -1.18. The molecule has 4 unspecified atom stereocenters. The van der Waals surface area contributed by atoms with Gasteiger partial charge in [0.15, 0.2) is 0 Å². The van der Waals surface area contributed by atoms with Crippen LogP contribution in [0.1, 0.15) is 49.8 Å². The number of rotatable bonds is 7. The molecule has 3 rings (SSSR count). The van der Waals surface area contributed by atoms with E-state index in [-0.39, 0.29) is 17.9 Å². The van der Waals surface area contributed by atoms with Crippen LogP contribution in [0.2, 0.25) is 0 Å². The summed E-state index contributed by atoms with van der Waals surface area (Å²) in [6, 6.07) is 1.21. The highest BCUT2D eigenvalue weighted by atomic mass is 79.9. The maximum absolute atomic E-state index is 12.9. The van der Waals surface area contributed by atoms with Crippen LogP contribution in [0.4, 0.5) is 0 Å². The van der Waals surface area contributed by atoms with Gasteiger partial charge in [0.2, 0.25) is 5.91 Å². The van der Waals surface area contributed by atoms with Gasteiger partial charge in [-0.05, 0) is 83.3 Å². The quantitative estimate of drug-likeness (QED) is 0.488. The lowest BCUT2D eigenvalue weighted by atomic mass is 9.91. The van der Waals surface area contributed by atoms with E-state index in [1.807, 2.05) is 19.9 Å². The molecule has 7 nitrogen and oxygen atoms in total. The van der Waals surface area contributed by atoms with E-state index >= 15 is 0 Å². The van der Waals surface area contributed by atoms with E-state index in [0.717, 1.165) is 29.3 Å². The van der Waals surface area contributed by atoms with Crippen molar-refractivity contribution < 1.29 is 29.3 Å². The minimum Gasteiger partial charge on any atom is -0.482 e. The van der Waals surface area contributed by atoms with Crippen molar-refractivity contribution in [3.8, 4) is 5.75 Å². The van der Waals surface area contributed by atoms with Gasteiger partial charge >= 0.3 is 5.97 Å². The number of esters is 1. The topological polar surface area (TPSA) is 105 Å². The van der Waals surface area contributed by atoms with Crippen molar-refractivity contribution in [2.45, 2.75) is 77.2 Å². The summed E-state index contributed by atoms with van der Waals surface area (Å²) in [4.78, 5) is 25.0. The number of methoxy groups -OCH3 is 1. The number of amides is 1. The SMILES string of the molecule is COC(=O)C(CC(C)C)NC(=O)C1=CC(Oc2c(Br)cc(C)c3c2CCC3)C(O)C(O)C1. The van der Waals surface area contributed by atoms with Crippen molar-refractivity contribution in [2.24, 2.45) is 5.92 Å². The van der Waals surface area contributed by atoms with E-state index in [1.54, 1.807) is 6.08 Å². The van der Waals surface area contributed by atoms with Crippen LogP contribution in [0.25, 0.3) is 0 Å². The number of fused-ring (bicyclic) bond motifs is 1. The Kier molecular flexibility index (Phi) is 8.01. The van der Waals surface area contributed by atoms with Crippen molar-refractivity contribution in [1.82, 2.24) is 5.32 Å². The minimum absolute atomic E-state index is 0.0321. The Morgan fingerprint density at radius 3 is 2.59 bits per heavy atom. The summed E-state index contributed by atoms with van der Waals surface area (Å²) in [6.45, 7) is 5.96. The zero-order valence-electron chi connectivity index (χ0n) is 19.0. The fraction of sp³-hybridized carbons (Fsp3) is 0.583. The number of aryl methyl sites for hydroxylation is 1. The summed E-state index contributed by atoms with van der Waals surface area (Å²) in [6.07, 6.45) is 1.60. The van der Waals surface area contributed by atoms with Gasteiger partial charge in [0.1, 0.15) is 24.0 Å². The number of carbonyl (C=O) groups excluding carboxylic acids is 2. The molecule has 0 bridgehead atoms. The number of benzene rings is 1. The fourth-order valence-electron chi connectivity index (χ4n) is 4.46. The summed E-state index contributed by atoms with van der Waals surface area (Å²) in [5.74, 6) is -0.182. The second-order valence-electron chi connectivity index (χ2n) is 9.03. The number of hydrogen-bond acceptors (Lipinski definition) is 6. The van der Waals surface area contributed by atoms with Crippen LogP contribution in [-0.2, 0) is 27.2 Å². The van der Waals surface area contributed by atoms with E-state index in [0.29, 0.717) is 12.2 Å². The molecule has 1 aromatic rings. The van der Waals surface area contributed by atoms with Gasteiger partial charge in [0, 0.05) is 12.0 Å². The number of aliphatic hydroxyl groups excluding tert-OH is 2. The summed E-state index contributed by atoms with van der Waals surface area (Å²) in [5, 5.41) is 23.7. The van der Waals surface area contributed by atoms with E-state index in [4.69, 9.17) is 9.47 Å². The molecule has 1 amide bonds. The van der Waals surface area contributed by atoms with Crippen LogP contribution < -0.4 is 10.1 Å². The first-order chi connectivity index (χ1) is 15.1. The van der Waals surface area contributed by atoms with Crippen molar-refractivity contribution in [2.75, 3.05) is 7.11 Å². The largest absolute Gasteiger partial charge is 0.482 e. The lowest BCUT2D eigenvalue weighted by Gasteiger charge is -2.32. The Bertz CT molecular complexity index is 912. The van der Waals surface area contributed by atoms with Crippen molar-refractivity contribution >= 4 is 27.8 Å². The Morgan fingerprint density at radius 2 is 1.94 bits per heavy atom. The van der Waals surface area contributed by atoms with E-state index in [2.05, 4.69) is 28.2 Å². The maximum Gasteiger partial charge on any atom is 0.328 e. The molecule has 0 aliphatic heterocycles. The van der Waals surface area contributed by atoms with Crippen LogP contribution >= 0.6 is 15.9 Å². The van der Waals surface area contributed by atoms with E-state index < -0.39 is 36.2 Å². The molecule has 2 aliphatic rings. The van der Waals surface area contributed by atoms with Gasteiger partial charge in [-0.2, -0.15) is 0 Å². The number of ether oxygens (including phenoxy) is 2. The predicted octanol–water partition coefficient (Wildman–Crippen LogP) is 2.75. The van der Waals surface area contributed by atoms with Crippen LogP contribution in [0, 0.1) is 12.8 Å². The third kappa shape index (κ3) is 5.35. The van der Waals surface area contributed by atoms with Gasteiger partial charge in [-0.3, -0.25) is 4.79 Å². The molecular formula is C24H32BrNO6. The molecule has 0 fully saturated rings. The Balaban J connectivity index is 1.84. The second kappa shape index (κ2) is 10.4. The van der Waals surface area contributed by atoms with E-state index in [9.17, 15) is 19.8 Å². The average Bonchev–Trinajstić information content (AvgIpc) is 3.22. The number of carbonyl (C=O) groups is 2. The summed E-state index contributed by atoms with van der Waals surface area (Å²) in [5.41, 5.74) is 3.82. The molecule has 176 valence electrons. The molecule has 8 heteroatoms. The van der Waals surface area contributed by atoms with Gasteiger partial charge in [0.25, 0.3) is 0 Å². The molecule has 0 saturated carbocycles. The lowest BCUT2D eigenvalue weighted by Crippen LogP contribution is -2.48. The highest BCUT2D eigenvalue weighted by Gasteiger charge is 2.36. The zero-order chi connectivity index (χ0) is 23.6. The Morgan fingerprint density at radius 1 is 1.25 bits per heavy atom. The number of nitrogens with one attached hydrogen (secondary N) is 1. The van der Waals surface area contributed by atoms with Crippen LogP contribution in [0.5, 0.6) is 5.75 Å². The standard InChI is InChI=1S/C24H32BrNO6/c1-12(2)8-18(24(30)31-4)26-23(29)14-10-19(27)21(28)20(11-14)32-22-16-7-5-6-15(16)13(3)9-17(22)25/h9,11-12,18-21,27-28H,5-8,10H2,1-4H3,(H,26,29). The van der Waals surface area contributed by atoms with Crippen molar-refractivity contribution in [1.29, 1.82) is 0 Å². The molecule has 0 saturated heterocycles. The molecule has 2 aliphatic carbocycles. The number of aliphatic hydroxyl groups is 2. The molecule has 0 radical (unpaired) electrons. The Hall–Kier alpha value is -1.90. The lowest BCUT2D eigenvalue weighted by molar-refractivity contribution is -0.145. The van der Waals surface area contributed by atoms with E-state index in [1.165, 1.54) is 18.2 Å². The summed E-state index contributed by atoms with van der Waals surface area (Å²) >= 11 is 3.57. The normalized spacial score (nSPS) is 23.4. The zero-order valence-corrected chi connectivity index (χ0v) is 20.6. The molecular weight excluding hydrogens is 478 g/mol. The van der Waals surface area contributed by atoms with Gasteiger partial charge in [-0.15, -0.1) is 0 Å². The fourth-order valence-corrected chi connectivity index (χ4v) is 5.14. The first-order valence-corrected chi connectivity index (χ1v) is 11.8. The molecule has 1 aromatic carbocycles.